The van der Waals surface area contributed by atoms with E-state index in [2.05, 4.69) is 16.6 Å². The molecule has 4 nitrogen and oxygen atoms in total. The molecule has 5 heteroatoms. The minimum Gasteiger partial charge on any atom is -0.347 e. The van der Waals surface area contributed by atoms with Crippen LogP contribution in [0.5, 0.6) is 0 Å². The van der Waals surface area contributed by atoms with Gasteiger partial charge in [0.25, 0.3) is 0 Å². The maximum absolute atomic E-state index is 13.5. The second-order valence-electron chi connectivity index (χ2n) is 4.40. The van der Waals surface area contributed by atoms with Gasteiger partial charge in [0, 0.05) is 5.92 Å². The van der Waals surface area contributed by atoms with E-state index in [9.17, 15) is 14.0 Å². The van der Waals surface area contributed by atoms with Gasteiger partial charge in [0.1, 0.15) is 5.82 Å². The molecule has 0 aromatic heterocycles. The van der Waals surface area contributed by atoms with Gasteiger partial charge in [0.05, 0.1) is 13.1 Å². The molecule has 0 aliphatic heterocycles. The summed E-state index contributed by atoms with van der Waals surface area (Å²) in [6.07, 6.45) is 5.28. The third kappa shape index (κ3) is 5.11. The number of amides is 2. The summed E-state index contributed by atoms with van der Waals surface area (Å²) in [5.74, 6) is 0.849. The summed E-state index contributed by atoms with van der Waals surface area (Å²) in [6, 6.07) is 6.31. The standard InChI is InChI=1S/C15H17FN2O2/c1-3-8-17-14(19)10-18-15(20)11(2)9-12-6-4-5-7-13(12)16/h1,4-7,11H,8-10H2,2H3,(H,17,19)(H,18,20). The van der Waals surface area contributed by atoms with Gasteiger partial charge in [-0.25, -0.2) is 4.39 Å². The zero-order chi connectivity index (χ0) is 15.0. The number of benzene rings is 1. The van der Waals surface area contributed by atoms with Crippen molar-refractivity contribution in [2.45, 2.75) is 13.3 Å². The number of hydrogen-bond acceptors (Lipinski definition) is 2. The van der Waals surface area contributed by atoms with E-state index in [0.29, 0.717) is 5.56 Å². The largest absolute Gasteiger partial charge is 0.347 e. The molecule has 20 heavy (non-hydrogen) atoms. The third-order valence-corrected chi connectivity index (χ3v) is 2.74. The van der Waals surface area contributed by atoms with Crippen molar-refractivity contribution < 1.29 is 14.0 Å². The molecule has 2 amide bonds. The van der Waals surface area contributed by atoms with Crippen molar-refractivity contribution in [1.29, 1.82) is 0 Å². The maximum atomic E-state index is 13.5. The molecule has 0 saturated heterocycles. The minimum atomic E-state index is -0.424. The van der Waals surface area contributed by atoms with Crippen molar-refractivity contribution in [2.75, 3.05) is 13.1 Å². The third-order valence-electron chi connectivity index (χ3n) is 2.74. The summed E-state index contributed by atoms with van der Waals surface area (Å²) in [4.78, 5) is 23.0. The predicted octanol–water partition coefficient (Wildman–Crippen LogP) is 0.870. The number of carbonyl (C=O) groups is 2. The summed E-state index contributed by atoms with van der Waals surface area (Å²) in [5.41, 5.74) is 0.479. The van der Waals surface area contributed by atoms with Gasteiger partial charge in [-0.05, 0) is 18.1 Å². The monoisotopic (exact) mass is 276 g/mol. The van der Waals surface area contributed by atoms with Gasteiger partial charge in [-0.2, -0.15) is 0 Å². The molecule has 0 aliphatic rings. The van der Waals surface area contributed by atoms with Crippen molar-refractivity contribution >= 4 is 11.8 Å². The van der Waals surface area contributed by atoms with E-state index in [1.165, 1.54) is 6.07 Å². The Morgan fingerprint density at radius 2 is 2.05 bits per heavy atom. The Bertz CT molecular complexity index is 523. The highest BCUT2D eigenvalue weighted by Crippen LogP contribution is 2.12. The molecule has 1 aromatic carbocycles. The SMILES string of the molecule is C#CCNC(=O)CNC(=O)C(C)Cc1ccccc1F. The van der Waals surface area contributed by atoms with E-state index in [0.717, 1.165) is 0 Å². The van der Waals surface area contributed by atoms with Crippen LogP contribution >= 0.6 is 0 Å². The van der Waals surface area contributed by atoms with Crippen molar-refractivity contribution in [3.63, 3.8) is 0 Å². The highest BCUT2D eigenvalue weighted by atomic mass is 19.1. The fourth-order valence-corrected chi connectivity index (χ4v) is 1.64. The predicted molar refractivity (Wildman–Crippen MR) is 74.1 cm³/mol. The lowest BCUT2D eigenvalue weighted by molar-refractivity contribution is -0.128. The van der Waals surface area contributed by atoms with E-state index in [4.69, 9.17) is 6.42 Å². The quantitative estimate of drug-likeness (QED) is 0.757. The summed E-state index contributed by atoms with van der Waals surface area (Å²) >= 11 is 0. The second kappa shape index (κ2) is 7.95. The first-order valence-electron chi connectivity index (χ1n) is 6.26. The Kier molecular flexibility index (Phi) is 6.24. The number of rotatable bonds is 6. The summed E-state index contributed by atoms with van der Waals surface area (Å²) in [5, 5.41) is 4.92. The van der Waals surface area contributed by atoms with Crippen LogP contribution in [0.25, 0.3) is 0 Å². The average Bonchev–Trinajstić information content (AvgIpc) is 2.44. The molecule has 1 atom stereocenters. The lowest BCUT2D eigenvalue weighted by Crippen LogP contribution is -2.39. The van der Waals surface area contributed by atoms with Crippen LogP contribution in [0.4, 0.5) is 4.39 Å². The van der Waals surface area contributed by atoms with Gasteiger partial charge in [-0.3, -0.25) is 9.59 Å². The van der Waals surface area contributed by atoms with E-state index < -0.39 is 5.92 Å². The van der Waals surface area contributed by atoms with Crippen LogP contribution in [0, 0.1) is 24.1 Å². The Labute approximate surface area is 117 Å². The second-order valence-corrected chi connectivity index (χ2v) is 4.40. The molecule has 2 N–H and O–H groups in total. The molecule has 0 heterocycles. The molecule has 1 unspecified atom stereocenters. The topological polar surface area (TPSA) is 58.2 Å². The fourth-order valence-electron chi connectivity index (χ4n) is 1.64. The van der Waals surface area contributed by atoms with Gasteiger partial charge in [-0.15, -0.1) is 6.42 Å². The van der Waals surface area contributed by atoms with Crippen LogP contribution in [0.1, 0.15) is 12.5 Å². The number of halogens is 1. The molecule has 1 aromatic rings. The number of hydrogen-bond donors (Lipinski definition) is 2. The van der Waals surface area contributed by atoms with Crippen LogP contribution in [0.2, 0.25) is 0 Å². The van der Waals surface area contributed by atoms with Gasteiger partial charge in [0.2, 0.25) is 11.8 Å². The summed E-state index contributed by atoms with van der Waals surface area (Å²) in [7, 11) is 0. The van der Waals surface area contributed by atoms with Crippen LogP contribution < -0.4 is 10.6 Å². The van der Waals surface area contributed by atoms with Crippen molar-refractivity contribution in [1.82, 2.24) is 10.6 Å². The summed E-state index contributed by atoms with van der Waals surface area (Å²) < 4.78 is 13.5. The molecule has 0 bridgehead atoms. The highest BCUT2D eigenvalue weighted by Gasteiger charge is 2.15. The Balaban J connectivity index is 2.42. The van der Waals surface area contributed by atoms with E-state index in [-0.39, 0.29) is 37.1 Å². The lowest BCUT2D eigenvalue weighted by Gasteiger charge is -2.12. The molecule has 0 fully saturated rings. The zero-order valence-electron chi connectivity index (χ0n) is 11.3. The molecular formula is C15H17FN2O2. The molecule has 0 spiro atoms. The highest BCUT2D eigenvalue weighted by molar-refractivity contribution is 5.85. The Morgan fingerprint density at radius 3 is 2.70 bits per heavy atom. The fraction of sp³-hybridized carbons (Fsp3) is 0.333. The molecule has 1 rings (SSSR count). The van der Waals surface area contributed by atoms with Crippen LogP contribution in [-0.4, -0.2) is 24.9 Å². The molecule has 106 valence electrons. The first kappa shape index (κ1) is 15.7. The van der Waals surface area contributed by atoms with Gasteiger partial charge in [-0.1, -0.05) is 31.0 Å². The van der Waals surface area contributed by atoms with E-state index >= 15 is 0 Å². The van der Waals surface area contributed by atoms with E-state index in [1.807, 2.05) is 0 Å². The normalized spacial score (nSPS) is 11.2. The van der Waals surface area contributed by atoms with Gasteiger partial charge < -0.3 is 10.6 Å². The van der Waals surface area contributed by atoms with Gasteiger partial charge >= 0.3 is 0 Å². The average molecular weight is 276 g/mol. The van der Waals surface area contributed by atoms with Crippen LogP contribution in [-0.2, 0) is 16.0 Å². The van der Waals surface area contributed by atoms with Gasteiger partial charge in [0.15, 0.2) is 0 Å². The molecule has 0 radical (unpaired) electrons. The smallest absolute Gasteiger partial charge is 0.240 e. The first-order valence-corrected chi connectivity index (χ1v) is 6.26. The zero-order valence-corrected chi connectivity index (χ0v) is 11.3. The number of carbonyl (C=O) groups excluding carboxylic acids is 2. The van der Waals surface area contributed by atoms with E-state index in [1.54, 1.807) is 25.1 Å². The van der Waals surface area contributed by atoms with Crippen molar-refractivity contribution in [3.05, 3.63) is 35.6 Å². The number of terminal acetylenes is 1. The molecule has 0 saturated carbocycles. The lowest BCUT2D eigenvalue weighted by atomic mass is 10.00. The maximum Gasteiger partial charge on any atom is 0.240 e. The Hall–Kier alpha value is -2.35. The summed E-state index contributed by atoms with van der Waals surface area (Å²) in [6.45, 7) is 1.67. The Morgan fingerprint density at radius 1 is 1.35 bits per heavy atom. The number of nitrogens with one attached hydrogen (secondary N) is 2. The van der Waals surface area contributed by atoms with Crippen molar-refractivity contribution in [3.8, 4) is 12.3 Å². The van der Waals surface area contributed by atoms with Crippen LogP contribution in [0.15, 0.2) is 24.3 Å². The molecular weight excluding hydrogens is 259 g/mol. The van der Waals surface area contributed by atoms with Crippen molar-refractivity contribution in [2.24, 2.45) is 5.92 Å². The van der Waals surface area contributed by atoms with Crippen LogP contribution in [0.3, 0.4) is 0 Å². The first-order chi connectivity index (χ1) is 9.54. The minimum absolute atomic E-state index is 0.124. The molecule has 0 aliphatic carbocycles.